The SMILES string of the molecule is CC.CC.CC.CC(C)(COCCC(=O)O)c1cccc(OCc2ccccc2)c1. The number of benzene rings is 2. The fraction of sp³-hybridized carbons (Fsp3) is 0.500. The van der Waals surface area contributed by atoms with Gasteiger partial charge in [0, 0.05) is 5.41 Å². The van der Waals surface area contributed by atoms with Gasteiger partial charge in [-0.1, -0.05) is 97.9 Å². The van der Waals surface area contributed by atoms with E-state index in [2.05, 4.69) is 13.8 Å². The normalized spacial score (nSPS) is 9.60. The third kappa shape index (κ3) is 13.0. The molecule has 2 aromatic rings. The van der Waals surface area contributed by atoms with Gasteiger partial charge < -0.3 is 14.6 Å². The Labute approximate surface area is 184 Å². The highest BCUT2D eigenvalue weighted by molar-refractivity contribution is 5.66. The molecule has 0 amide bonds. The molecule has 0 fully saturated rings. The van der Waals surface area contributed by atoms with Crippen molar-refractivity contribution in [1.82, 2.24) is 0 Å². The molecule has 0 aromatic heterocycles. The minimum Gasteiger partial charge on any atom is -0.489 e. The summed E-state index contributed by atoms with van der Waals surface area (Å²) in [5, 5.41) is 8.65. The van der Waals surface area contributed by atoms with E-state index in [-0.39, 0.29) is 18.4 Å². The summed E-state index contributed by atoms with van der Waals surface area (Å²) in [6.45, 7) is 17.4. The highest BCUT2D eigenvalue weighted by Gasteiger charge is 2.21. The van der Waals surface area contributed by atoms with Gasteiger partial charge in [0.05, 0.1) is 19.6 Å². The van der Waals surface area contributed by atoms with Gasteiger partial charge in [0.25, 0.3) is 0 Å². The smallest absolute Gasteiger partial charge is 0.305 e. The summed E-state index contributed by atoms with van der Waals surface area (Å²) in [4.78, 5) is 10.5. The predicted octanol–water partition coefficient (Wildman–Crippen LogP) is 7.11. The molecule has 0 heterocycles. The van der Waals surface area contributed by atoms with Gasteiger partial charge >= 0.3 is 5.97 Å². The molecule has 4 nitrogen and oxygen atoms in total. The summed E-state index contributed by atoms with van der Waals surface area (Å²) in [5.41, 5.74) is 2.01. The van der Waals surface area contributed by atoms with Crippen molar-refractivity contribution in [2.75, 3.05) is 13.2 Å². The van der Waals surface area contributed by atoms with Gasteiger partial charge in [0.15, 0.2) is 0 Å². The molecule has 0 aliphatic rings. The lowest BCUT2D eigenvalue weighted by Crippen LogP contribution is -2.25. The standard InChI is InChI=1S/C20H24O4.3C2H6/c1-20(2,15-23-12-11-19(21)22)17-9-6-10-18(13-17)24-14-16-7-4-3-5-8-16;3*1-2/h3-10,13H,11-12,14-15H2,1-2H3,(H,21,22);3*1-2H3. The molecule has 0 spiro atoms. The Bertz CT molecular complexity index is 651. The summed E-state index contributed by atoms with van der Waals surface area (Å²) in [6, 6.07) is 18.0. The number of aliphatic carboxylic acids is 1. The summed E-state index contributed by atoms with van der Waals surface area (Å²) >= 11 is 0. The molecular formula is C26H42O4. The summed E-state index contributed by atoms with van der Waals surface area (Å²) in [6.07, 6.45) is 0.0241. The van der Waals surface area contributed by atoms with E-state index in [1.54, 1.807) is 0 Å². The van der Waals surface area contributed by atoms with Gasteiger partial charge in [0.1, 0.15) is 12.4 Å². The Morgan fingerprint density at radius 2 is 1.50 bits per heavy atom. The quantitative estimate of drug-likeness (QED) is 0.441. The van der Waals surface area contributed by atoms with Crippen molar-refractivity contribution in [3.8, 4) is 5.75 Å². The third-order valence-electron chi connectivity index (χ3n) is 3.79. The maximum atomic E-state index is 10.5. The Morgan fingerprint density at radius 1 is 0.900 bits per heavy atom. The number of rotatable bonds is 9. The van der Waals surface area contributed by atoms with Gasteiger partial charge in [-0.25, -0.2) is 0 Å². The van der Waals surface area contributed by atoms with Crippen molar-refractivity contribution in [1.29, 1.82) is 0 Å². The van der Waals surface area contributed by atoms with Crippen LogP contribution in [0, 0.1) is 0 Å². The molecule has 170 valence electrons. The zero-order valence-electron chi connectivity index (χ0n) is 20.2. The van der Waals surface area contributed by atoms with Gasteiger partial charge in [-0.15, -0.1) is 0 Å². The highest BCUT2D eigenvalue weighted by Crippen LogP contribution is 2.27. The van der Waals surface area contributed by atoms with Crippen molar-refractivity contribution in [3.05, 3.63) is 65.7 Å². The van der Waals surface area contributed by atoms with Crippen LogP contribution in [0.15, 0.2) is 54.6 Å². The Balaban J connectivity index is 0. The fourth-order valence-corrected chi connectivity index (χ4v) is 2.32. The van der Waals surface area contributed by atoms with Crippen LogP contribution in [0.4, 0.5) is 0 Å². The summed E-state index contributed by atoms with van der Waals surface area (Å²) in [7, 11) is 0. The predicted molar refractivity (Wildman–Crippen MR) is 127 cm³/mol. The van der Waals surface area contributed by atoms with E-state index in [0.717, 1.165) is 16.9 Å². The lowest BCUT2D eigenvalue weighted by Gasteiger charge is -2.25. The molecule has 4 heteroatoms. The van der Waals surface area contributed by atoms with Gasteiger partial charge in [0.2, 0.25) is 0 Å². The van der Waals surface area contributed by atoms with Crippen molar-refractivity contribution in [2.24, 2.45) is 0 Å². The van der Waals surface area contributed by atoms with Crippen LogP contribution < -0.4 is 4.74 Å². The van der Waals surface area contributed by atoms with Gasteiger partial charge in [-0.2, -0.15) is 0 Å². The molecule has 0 radical (unpaired) electrons. The first-order valence-electron chi connectivity index (χ1n) is 11.0. The molecule has 2 rings (SSSR count). The molecule has 0 aliphatic heterocycles. The molecule has 0 atom stereocenters. The average Bonchev–Trinajstić information content (AvgIpc) is 2.80. The van der Waals surface area contributed by atoms with Crippen molar-refractivity contribution in [2.45, 2.75) is 73.8 Å². The highest BCUT2D eigenvalue weighted by atomic mass is 16.5. The second-order valence-electron chi connectivity index (χ2n) is 6.38. The Morgan fingerprint density at radius 3 is 2.07 bits per heavy atom. The molecule has 0 saturated heterocycles. The fourth-order valence-electron chi connectivity index (χ4n) is 2.32. The second-order valence-corrected chi connectivity index (χ2v) is 6.38. The van der Waals surface area contributed by atoms with E-state index in [1.807, 2.05) is 96.1 Å². The van der Waals surface area contributed by atoms with Crippen LogP contribution in [0.5, 0.6) is 5.75 Å². The van der Waals surface area contributed by atoms with E-state index < -0.39 is 5.97 Å². The number of hydrogen-bond donors (Lipinski definition) is 1. The zero-order chi connectivity index (χ0) is 23.4. The van der Waals surface area contributed by atoms with Crippen molar-refractivity contribution >= 4 is 5.97 Å². The minimum atomic E-state index is -0.843. The van der Waals surface area contributed by atoms with E-state index in [0.29, 0.717) is 13.2 Å². The summed E-state index contributed by atoms with van der Waals surface area (Å²) < 4.78 is 11.4. The Hall–Kier alpha value is -2.33. The number of carboxylic acids is 1. The lowest BCUT2D eigenvalue weighted by atomic mass is 9.85. The van der Waals surface area contributed by atoms with Crippen LogP contribution in [0.1, 0.15) is 72.9 Å². The lowest BCUT2D eigenvalue weighted by molar-refractivity contribution is -0.138. The maximum absolute atomic E-state index is 10.5. The van der Waals surface area contributed by atoms with Crippen LogP contribution in [-0.2, 0) is 21.6 Å². The second kappa shape index (κ2) is 18.7. The number of carboxylic acid groups (broad SMARTS) is 1. The monoisotopic (exact) mass is 418 g/mol. The third-order valence-corrected chi connectivity index (χ3v) is 3.79. The molecule has 0 saturated carbocycles. The largest absolute Gasteiger partial charge is 0.489 e. The van der Waals surface area contributed by atoms with Crippen LogP contribution in [-0.4, -0.2) is 24.3 Å². The topological polar surface area (TPSA) is 55.8 Å². The first-order valence-corrected chi connectivity index (χ1v) is 11.0. The minimum absolute atomic E-state index is 0.0241. The molecule has 30 heavy (non-hydrogen) atoms. The molecule has 1 N–H and O–H groups in total. The van der Waals surface area contributed by atoms with Crippen LogP contribution in [0.25, 0.3) is 0 Å². The average molecular weight is 419 g/mol. The van der Waals surface area contributed by atoms with Crippen LogP contribution >= 0.6 is 0 Å². The number of carbonyl (C=O) groups is 1. The first kappa shape index (κ1) is 29.9. The van der Waals surface area contributed by atoms with Gasteiger partial charge in [-0.05, 0) is 23.3 Å². The molecule has 0 unspecified atom stereocenters. The summed E-state index contributed by atoms with van der Waals surface area (Å²) in [5.74, 6) is -0.0286. The maximum Gasteiger partial charge on any atom is 0.305 e. The zero-order valence-corrected chi connectivity index (χ0v) is 20.2. The molecular weight excluding hydrogens is 376 g/mol. The van der Waals surface area contributed by atoms with Crippen molar-refractivity contribution < 1.29 is 19.4 Å². The molecule has 0 bridgehead atoms. The van der Waals surface area contributed by atoms with Crippen LogP contribution in [0.3, 0.4) is 0 Å². The van der Waals surface area contributed by atoms with Gasteiger partial charge in [-0.3, -0.25) is 4.79 Å². The van der Waals surface area contributed by atoms with Crippen molar-refractivity contribution in [3.63, 3.8) is 0 Å². The molecule has 0 aliphatic carbocycles. The number of ether oxygens (including phenoxy) is 2. The van der Waals surface area contributed by atoms with E-state index in [1.165, 1.54) is 0 Å². The van der Waals surface area contributed by atoms with E-state index in [4.69, 9.17) is 14.6 Å². The Kier molecular flexibility index (Phi) is 18.6. The first-order chi connectivity index (χ1) is 14.5. The number of hydrogen-bond acceptors (Lipinski definition) is 3. The van der Waals surface area contributed by atoms with Crippen LogP contribution in [0.2, 0.25) is 0 Å². The molecule has 2 aromatic carbocycles. The van der Waals surface area contributed by atoms with E-state index in [9.17, 15) is 4.79 Å². The van der Waals surface area contributed by atoms with E-state index >= 15 is 0 Å².